The van der Waals surface area contributed by atoms with E-state index in [4.69, 9.17) is 16.3 Å². The molecule has 0 saturated carbocycles. The fourth-order valence-corrected chi connectivity index (χ4v) is 1.44. The summed E-state index contributed by atoms with van der Waals surface area (Å²) in [7, 11) is 1.61. The van der Waals surface area contributed by atoms with E-state index in [0.29, 0.717) is 13.1 Å². The molecular formula is C9H15ClN2O3. The zero-order valence-corrected chi connectivity index (χ0v) is 9.58. The van der Waals surface area contributed by atoms with Crippen molar-refractivity contribution >= 4 is 23.5 Å². The molecule has 0 spiro atoms. The van der Waals surface area contributed by atoms with Gasteiger partial charge in [0.2, 0.25) is 5.91 Å². The van der Waals surface area contributed by atoms with Crippen molar-refractivity contribution in [3.05, 3.63) is 0 Å². The van der Waals surface area contributed by atoms with Gasteiger partial charge in [0, 0.05) is 20.2 Å². The summed E-state index contributed by atoms with van der Waals surface area (Å²) < 4.78 is 5.11. The van der Waals surface area contributed by atoms with E-state index in [1.807, 2.05) is 0 Å². The fraction of sp³-hybridized carbons (Fsp3) is 0.778. The number of rotatable bonds is 2. The van der Waals surface area contributed by atoms with Crippen molar-refractivity contribution < 1.29 is 14.3 Å². The van der Waals surface area contributed by atoms with E-state index in [1.165, 1.54) is 6.92 Å². The predicted molar refractivity (Wildman–Crippen MR) is 55.8 cm³/mol. The van der Waals surface area contributed by atoms with Crippen LogP contribution in [0.2, 0.25) is 0 Å². The molecule has 86 valence electrons. The lowest BCUT2D eigenvalue weighted by molar-refractivity contribution is -0.119. The minimum Gasteiger partial charge on any atom is -0.380 e. The number of urea groups is 1. The maximum atomic E-state index is 11.5. The molecule has 0 aromatic rings. The number of methoxy groups -OCH3 is 1. The highest BCUT2D eigenvalue weighted by Gasteiger charge is 2.27. The van der Waals surface area contributed by atoms with Gasteiger partial charge in [-0.2, -0.15) is 0 Å². The van der Waals surface area contributed by atoms with Crippen LogP contribution in [-0.4, -0.2) is 48.5 Å². The Kier molecular flexibility index (Phi) is 4.35. The average Bonchev–Trinajstić information content (AvgIpc) is 2.65. The standard InChI is InChI=1S/C9H15ClN2O3/c1-6(10)8(13)11-9(14)12-4-3-7(5-12)15-2/h6-7H,3-5H2,1-2H3,(H,11,13,14). The normalized spacial score (nSPS) is 22.6. The number of carbonyl (C=O) groups excluding carboxylic acids is 2. The largest absolute Gasteiger partial charge is 0.380 e. The zero-order valence-electron chi connectivity index (χ0n) is 8.83. The Hall–Kier alpha value is -0.810. The molecule has 1 aliphatic rings. The van der Waals surface area contributed by atoms with E-state index in [9.17, 15) is 9.59 Å². The van der Waals surface area contributed by atoms with Crippen LogP contribution in [0.25, 0.3) is 0 Å². The second-order valence-electron chi connectivity index (χ2n) is 3.50. The summed E-state index contributed by atoms with van der Waals surface area (Å²) >= 11 is 5.53. The van der Waals surface area contributed by atoms with E-state index >= 15 is 0 Å². The molecule has 15 heavy (non-hydrogen) atoms. The maximum absolute atomic E-state index is 11.5. The van der Waals surface area contributed by atoms with Crippen LogP contribution < -0.4 is 5.32 Å². The molecule has 0 aliphatic carbocycles. The van der Waals surface area contributed by atoms with Gasteiger partial charge in [-0.3, -0.25) is 10.1 Å². The van der Waals surface area contributed by atoms with Crippen molar-refractivity contribution in [2.45, 2.75) is 24.8 Å². The van der Waals surface area contributed by atoms with Crippen LogP contribution in [0.5, 0.6) is 0 Å². The van der Waals surface area contributed by atoms with Crippen LogP contribution in [-0.2, 0) is 9.53 Å². The smallest absolute Gasteiger partial charge is 0.324 e. The van der Waals surface area contributed by atoms with Gasteiger partial charge in [-0.05, 0) is 13.3 Å². The molecule has 0 radical (unpaired) electrons. The number of amides is 3. The number of carbonyl (C=O) groups is 2. The summed E-state index contributed by atoms with van der Waals surface area (Å²) in [6.07, 6.45) is 0.869. The summed E-state index contributed by atoms with van der Waals surface area (Å²) in [4.78, 5) is 24.2. The molecule has 6 heteroatoms. The van der Waals surface area contributed by atoms with Crippen LogP contribution in [0.4, 0.5) is 4.79 Å². The summed E-state index contributed by atoms with van der Waals surface area (Å²) in [6.45, 7) is 2.65. The van der Waals surface area contributed by atoms with Crippen LogP contribution in [0, 0.1) is 0 Å². The third kappa shape index (κ3) is 3.35. The van der Waals surface area contributed by atoms with Gasteiger partial charge in [0.05, 0.1) is 6.10 Å². The summed E-state index contributed by atoms with van der Waals surface area (Å²) in [6, 6.07) is -0.396. The third-order valence-electron chi connectivity index (χ3n) is 2.36. The number of nitrogens with one attached hydrogen (secondary N) is 1. The predicted octanol–water partition coefficient (Wildman–Crippen LogP) is 0.571. The van der Waals surface area contributed by atoms with Crippen molar-refractivity contribution in [1.29, 1.82) is 0 Å². The van der Waals surface area contributed by atoms with E-state index < -0.39 is 17.3 Å². The molecule has 0 aromatic heterocycles. The highest BCUT2D eigenvalue weighted by molar-refractivity contribution is 6.31. The van der Waals surface area contributed by atoms with Gasteiger partial charge in [-0.1, -0.05) is 0 Å². The van der Waals surface area contributed by atoms with Gasteiger partial charge < -0.3 is 9.64 Å². The Morgan fingerprint density at radius 1 is 1.60 bits per heavy atom. The summed E-state index contributed by atoms with van der Waals surface area (Å²) in [5, 5.41) is 1.53. The van der Waals surface area contributed by atoms with E-state index in [-0.39, 0.29) is 6.10 Å². The van der Waals surface area contributed by atoms with Crippen LogP contribution in [0.1, 0.15) is 13.3 Å². The van der Waals surface area contributed by atoms with Crippen LogP contribution in [0.15, 0.2) is 0 Å². The van der Waals surface area contributed by atoms with Gasteiger partial charge >= 0.3 is 6.03 Å². The van der Waals surface area contributed by atoms with E-state index in [2.05, 4.69) is 5.32 Å². The van der Waals surface area contributed by atoms with Crippen molar-refractivity contribution in [2.24, 2.45) is 0 Å². The lowest BCUT2D eigenvalue weighted by Gasteiger charge is -2.16. The molecule has 0 aromatic carbocycles. The highest BCUT2D eigenvalue weighted by Crippen LogP contribution is 2.11. The van der Waals surface area contributed by atoms with E-state index in [0.717, 1.165) is 6.42 Å². The summed E-state index contributed by atoms with van der Waals surface area (Å²) in [5.41, 5.74) is 0. The first-order valence-corrected chi connectivity index (χ1v) is 5.25. The quantitative estimate of drug-likeness (QED) is 0.711. The SMILES string of the molecule is COC1CCN(C(=O)NC(=O)C(C)Cl)C1. The Bertz CT molecular complexity index is 258. The monoisotopic (exact) mass is 234 g/mol. The van der Waals surface area contributed by atoms with Crippen molar-refractivity contribution in [3.63, 3.8) is 0 Å². The van der Waals surface area contributed by atoms with Gasteiger partial charge in [-0.15, -0.1) is 11.6 Å². The molecule has 2 atom stereocenters. The van der Waals surface area contributed by atoms with Gasteiger partial charge in [0.25, 0.3) is 0 Å². The second kappa shape index (κ2) is 5.32. The molecule has 1 rings (SSSR count). The Balaban J connectivity index is 2.39. The molecular weight excluding hydrogens is 220 g/mol. The molecule has 1 saturated heterocycles. The van der Waals surface area contributed by atoms with Crippen molar-refractivity contribution in [1.82, 2.24) is 10.2 Å². The second-order valence-corrected chi connectivity index (χ2v) is 4.16. The van der Waals surface area contributed by atoms with Crippen molar-refractivity contribution in [2.75, 3.05) is 20.2 Å². The number of imide groups is 1. The number of likely N-dealkylation sites (tertiary alicyclic amines) is 1. The van der Waals surface area contributed by atoms with E-state index in [1.54, 1.807) is 12.0 Å². The lowest BCUT2D eigenvalue weighted by Crippen LogP contribution is -2.44. The fourth-order valence-electron chi connectivity index (χ4n) is 1.39. The molecule has 0 bridgehead atoms. The third-order valence-corrected chi connectivity index (χ3v) is 2.56. The number of hydrogen-bond donors (Lipinski definition) is 1. The Morgan fingerprint density at radius 3 is 2.73 bits per heavy atom. The topological polar surface area (TPSA) is 58.6 Å². The van der Waals surface area contributed by atoms with Gasteiger partial charge in [0.1, 0.15) is 5.38 Å². The first-order chi connectivity index (χ1) is 7.04. The number of alkyl halides is 1. The molecule has 1 heterocycles. The molecule has 1 N–H and O–H groups in total. The van der Waals surface area contributed by atoms with Crippen LogP contribution >= 0.6 is 11.6 Å². The minimum atomic E-state index is -0.699. The number of halogens is 1. The molecule has 5 nitrogen and oxygen atoms in total. The van der Waals surface area contributed by atoms with Gasteiger partial charge in [-0.25, -0.2) is 4.79 Å². The molecule has 3 amide bonds. The maximum Gasteiger partial charge on any atom is 0.324 e. The number of ether oxygens (including phenoxy) is 1. The lowest BCUT2D eigenvalue weighted by atomic mass is 10.3. The molecule has 2 unspecified atom stereocenters. The Morgan fingerprint density at radius 2 is 2.27 bits per heavy atom. The highest BCUT2D eigenvalue weighted by atomic mass is 35.5. The average molecular weight is 235 g/mol. The van der Waals surface area contributed by atoms with Gasteiger partial charge in [0.15, 0.2) is 0 Å². The Labute approximate surface area is 93.7 Å². The molecule has 1 fully saturated rings. The van der Waals surface area contributed by atoms with Crippen LogP contribution in [0.3, 0.4) is 0 Å². The first kappa shape index (κ1) is 12.3. The number of hydrogen-bond acceptors (Lipinski definition) is 3. The number of nitrogens with zero attached hydrogens (tertiary/aromatic N) is 1. The zero-order chi connectivity index (χ0) is 11.4. The van der Waals surface area contributed by atoms with Crippen molar-refractivity contribution in [3.8, 4) is 0 Å². The molecule has 1 aliphatic heterocycles. The summed E-state index contributed by atoms with van der Waals surface area (Å²) in [5.74, 6) is -0.470. The minimum absolute atomic E-state index is 0.0688. The first-order valence-electron chi connectivity index (χ1n) is 4.81.